The molecule has 0 bridgehead atoms. The van der Waals surface area contributed by atoms with Crippen molar-refractivity contribution in [2.24, 2.45) is 0 Å². The second-order valence-corrected chi connectivity index (χ2v) is 9.97. The van der Waals surface area contributed by atoms with Gasteiger partial charge in [0.15, 0.2) is 5.13 Å². The van der Waals surface area contributed by atoms with Gasteiger partial charge in [0.1, 0.15) is 5.69 Å². The number of hydrogen-bond donors (Lipinski definition) is 1. The standard InChI is InChI=1S/C21H17F3N4O3S2/c1-13-18(19(29)27-33(2,30)31)26-20(32-13)28(17-9-5-14(11-25)6-10-17)12-15-3-7-16(8-4-15)21(22,23)24/h3-10H,12H2,1-2H3,(H,27,29). The lowest BCUT2D eigenvalue weighted by Gasteiger charge is -2.22. The van der Waals surface area contributed by atoms with Gasteiger partial charge in [-0.3, -0.25) is 4.79 Å². The molecule has 33 heavy (non-hydrogen) atoms. The van der Waals surface area contributed by atoms with E-state index in [1.165, 1.54) is 12.1 Å². The number of anilines is 2. The minimum atomic E-state index is -4.46. The number of aryl methyl sites for hydroxylation is 1. The van der Waals surface area contributed by atoms with Crippen LogP contribution >= 0.6 is 11.3 Å². The van der Waals surface area contributed by atoms with Gasteiger partial charge >= 0.3 is 6.18 Å². The Bertz CT molecular complexity index is 1310. The topological polar surface area (TPSA) is 103 Å². The van der Waals surface area contributed by atoms with Crippen LogP contribution in [0.5, 0.6) is 0 Å². The SMILES string of the molecule is Cc1sc(N(Cc2ccc(C(F)(F)F)cc2)c2ccc(C#N)cc2)nc1C(=O)NS(C)(=O)=O. The predicted molar refractivity (Wildman–Crippen MR) is 118 cm³/mol. The molecule has 3 aromatic rings. The third-order valence-corrected chi connectivity index (χ3v) is 5.99. The van der Waals surface area contributed by atoms with Crippen molar-refractivity contribution in [3.05, 3.63) is 75.8 Å². The molecule has 0 saturated heterocycles. The summed E-state index contributed by atoms with van der Waals surface area (Å²) in [5.74, 6) is -0.883. The zero-order chi connectivity index (χ0) is 24.4. The van der Waals surface area contributed by atoms with Gasteiger partial charge < -0.3 is 4.90 Å². The van der Waals surface area contributed by atoms with Crippen LogP contribution in [0.25, 0.3) is 0 Å². The van der Waals surface area contributed by atoms with E-state index in [0.717, 1.165) is 29.7 Å². The Hall–Kier alpha value is -3.43. The molecule has 12 heteroatoms. The van der Waals surface area contributed by atoms with E-state index in [0.29, 0.717) is 26.8 Å². The van der Waals surface area contributed by atoms with Gasteiger partial charge in [0.05, 0.1) is 30.0 Å². The van der Waals surface area contributed by atoms with Gasteiger partial charge in [-0.1, -0.05) is 12.1 Å². The monoisotopic (exact) mass is 494 g/mol. The maximum absolute atomic E-state index is 12.9. The predicted octanol–water partition coefficient (Wildman–Crippen LogP) is 4.37. The highest BCUT2D eigenvalue weighted by Gasteiger charge is 2.30. The van der Waals surface area contributed by atoms with Gasteiger partial charge in [0.25, 0.3) is 5.91 Å². The van der Waals surface area contributed by atoms with Gasteiger partial charge in [-0.05, 0) is 48.9 Å². The van der Waals surface area contributed by atoms with E-state index in [9.17, 15) is 26.4 Å². The molecule has 3 rings (SSSR count). The molecule has 1 amide bonds. The Morgan fingerprint density at radius 2 is 1.76 bits per heavy atom. The number of rotatable bonds is 6. The second kappa shape index (κ2) is 9.21. The molecule has 0 fully saturated rings. The number of hydrogen-bond acceptors (Lipinski definition) is 7. The molecule has 172 valence electrons. The minimum absolute atomic E-state index is 0.0773. The average Bonchev–Trinajstić information content (AvgIpc) is 3.12. The number of thiazole rings is 1. The normalized spacial score (nSPS) is 11.6. The van der Waals surface area contributed by atoms with Crippen molar-refractivity contribution in [3.8, 4) is 6.07 Å². The first-order chi connectivity index (χ1) is 15.4. The molecule has 0 atom stereocenters. The van der Waals surface area contributed by atoms with E-state index in [1.54, 1.807) is 36.1 Å². The quantitative estimate of drug-likeness (QED) is 0.546. The van der Waals surface area contributed by atoms with E-state index in [4.69, 9.17) is 5.26 Å². The summed E-state index contributed by atoms with van der Waals surface area (Å²) in [6.07, 6.45) is -3.61. The third-order valence-electron chi connectivity index (χ3n) is 4.44. The largest absolute Gasteiger partial charge is 0.416 e. The number of aromatic nitrogens is 1. The van der Waals surface area contributed by atoms with E-state index >= 15 is 0 Å². The number of nitrogens with one attached hydrogen (secondary N) is 1. The molecule has 1 aromatic heterocycles. The van der Waals surface area contributed by atoms with Crippen molar-refractivity contribution in [1.82, 2.24) is 9.71 Å². The lowest BCUT2D eigenvalue weighted by Crippen LogP contribution is -2.30. The summed E-state index contributed by atoms with van der Waals surface area (Å²) >= 11 is 1.12. The van der Waals surface area contributed by atoms with Crippen LogP contribution in [0.2, 0.25) is 0 Å². The molecule has 2 aromatic carbocycles. The summed E-state index contributed by atoms with van der Waals surface area (Å²) in [5, 5.41) is 9.37. The van der Waals surface area contributed by atoms with Crippen LogP contribution in [0.1, 0.15) is 32.1 Å². The van der Waals surface area contributed by atoms with Gasteiger partial charge in [-0.25, -0.2) is 18.1 Å². The first kappa shape index (κ1) is 24.2. The molecular formula is C21H17F3N4O3S2. The first-order valence-corrected chi connectivity index (χ1v) is 12.0. The molecule has 0 saturated carbocycles. The summed E-state index contributed by atoms with van der Waals surface area (Å²) in [4.78, 5) is 18.7. The number of halogens is 3. The maximum Gasteiger partial charge on any atom is 0.416 e. The molecule has 1 heterocycles. The maximum atomic E-state index is 12.9. The van der Waals surface area contributed by atoms with E-state index < -0.39 is 27.7 Å². The molecular weight excluding hydrogens is 477 g/mol. The lowest BCUT2D eigenvalue weighted by molar-refractivity contribution is -0.137. The fourth-order valence-corrected chi connectivity index (χ4v) is 4.25. The summed E-state index contributed by atoms with van der Waals surface area (Å²) in [6.45, 7) is 1.72. The Kier molecular flexibility index (Phi) is 6.76. The highest BCUT2D eigenvalue weighted by Crippen LogP contribution is 2.34. The zero-order valence-electron chi connectivity index (χ0n) is 17.3. The number of carbonyl (C=O) groups excluding carboxylic acids is 1. The van der Waals surface area contributed by atoms with Crippen LogP contribution in [0, 0.1) is 18.3 Å². The number of nitriles is 1. The summed E-state index contributed by atoms with van der Waals surface area (Å²) in [7, 11) is -3.79. The summed E-state index contributed by atoms with van der Waals surface area (Å²) in [5.41, 5.74) is 0.685. The van der Waals surface area contributed by atoms with Crippen LogP contribution in [0.4, 0.5) is 24.0 Å². The molecule has 0 unspecified atom stereocenters. The van der Waals surface area contributed by atoms with Crippen molar-refractivity contribution < 1.29 is 26.4 Å². The Morgan fingerprint density at radius 3 is 2.27 bits per heavy atom. The number of nitrogens with zero attached hydrogens (tertiary/aromatic N) is 3. The first-order valence-electron chi connectivity index (χ1n) is 9.31. The van der Waals surface area contributed by atoms with Crippen molar-refractivity contribution in [3.63, 3.8) is 0 Å². The number of benzene rings is 2. The van der Waals surface area contributed by atoms with Crippen molar-refractivity contribution >= 4 is 38.1 Å². The van der Waals surface area contributed by atoms with Crippen molar-refractivity contribution in [1.29, 1.82) is 5.26 Å². The summed E-state index contributed by atoms with van der Waals surface area (Å²) < 4.78 is 63.4. The van der Waals surface area contributed by atoms with E-state index in [2.05, 4.69) is 4.98 Å². The molecule has 0 aliphatic heterocycles. The van der Waals surface area contributed by atoms with Crippen molar-refractivity contribution in [2.45, 2.75) is 19.6 Å². The average molecular weight is 495 g/mol. The molecule has 0 spiro atoms. The highest BCUT2D eigenvalue weighted by molar-refractivity contribution is 7.89. The van der Waals surface area contributed by atoms with Crippen LogP contribution in [-0.4, -0.2) is 25.6 Å². The second-order valence-electron chi connectivity index (χ2n) is 7.04. The fraction of sp³-hybridized carbons (Fsp3) is 0.190. The Morgan fingerprint density at radius 1 is 1.15 bits per heavy atom. The van der Waals surface area contributed by atoms with Crippen LogP contribution in [0.15, 0.2) is 48.5 Å². The summed E-state index contributed by atoms with van der Waals surface area (Å²) in [6, 6.07) is 13.1. The molecule has 0 aliphatic rings. The number of amides is 1. The Balaban J connectivity index is 2.00. The lowest BCUT2D eigenvalue weighted by atomic mass is 10.1. The van der Waals surface area contributed by atoms with Gasteiger partial charge in [-0.15, -0.1) is 11.3 Å². The number of carbonyl (C=O) groups is 1. The fourth-order valence-electron chi connectivity index (χ4n) is 2.89. The molecule has 1 N–H and O–H groups in total. The zero-order valence-corrected chi connectivity index (χ0v) is 19.0. The smallest absolute Gasteiger partial charge is 0.313 e. The van der Waals surface area contributed by atoms with Gasteiger partial charge in [0.2, 0.25) is 10.0 Å². The molecule has 0 radical (unpaired) electrons. The van der Waals surface area contributed by atoms with Crippen LogP contribution in [0.3, 0.4) is 0 Å². The highest BCUT2D eigenvalue weighted by atomic mass is 32.2. The molecule has 7 nitrogen and oxygen atoms in total. The van der Waals surface area contributed by atoms with Gasteiger partial charge in [0, 0.05) is 10.6 Å². The number of alkyl halides is 3. The van der Waals surface area contributed by atoms with Crippen LogP contribution < -0.4 is 9.62 Å². The minimum Gasteiger partial charge on any atom is -0.313 e. The number of sulfonamides is 1. The van der Waals surface area contributed by atoms with Crippen molar-refractivity contribution in [2.75, 3.05) is 11.2 Å². The van der Waals surface area contributed by atoms with Crippen LogP contribution in [-0.2, 0) is 22.7 Å². The molecule has 0 aliphatic carbocycles. The van der Waals surface area contributed by atoms with E-state index in [-0.39, 0.29) is 12.2 Å². The van der Waals surface area contributed by atoms with E-state index in [1.807, 2.05) is 10.8 Å². The van der Waals surface area contributed by atoms with Gasteiger partial charge in [-0.2, -0.15) is 18.4 Å². The third kappa shape index (κ3) is 6.09. The Labute approximate surface area is 192 Å².